The van der Waals surface area contributed by atoms with Gasteiger partial charge in [-0.1, -0.05) is 42.8 Å². The molecule has 2 nitrogen and oxygen atoms in total. The Labute approximate surface area is 130 Å². The van der Waals surface area contributed by atoms with Gasteiger partial charge in [-0.25, -0.2) is 0 Å². The van der Waals surface area contributed by atoms with Crippen molar-refractivity contribution in [1.82, 2.24) is 0 Å². The standard InChI is InChI=1S/C18H19NOS/c1-3-13-6-4-5-7-15(13)19-18(20)17-11-14-9-8-12(2)10-16(14)21-17/h4-10,17H,3,11H2,1-2H3,(H,19,20). The summed E-state index contributed by atoms with van der Waals surface area (Å²) < 4.78 is 0. The van der Waals surface area contributed by atoms with E-state index in [1.54, 1.807) is 11.8 Å². The van der Waals surface area contributed by atoms with Crippen LogP contribution in [-0.2, 0) is 17.6 Å². The molecule has 0 fully saturated rings. The van der Waals surface area contributed by atoms with Gasteiger partial charge >= 0.3 is 0 Å². The Bertz CT molecular complexity index is 681. The molecule has 0 radical (unpaired) electrons. The minimum atomic E-state index is -0.0216. The van der Waals surface area contributed by atoms with Crippen LogP contribution >= 0.6 is 11.8 Å². The van der Waals surface area contributed by atoms with Crippen LogP contribution in [0.15, 0.2) is 47.4 Å². The second kappa shape index (κ2) is 5.94. The normalized spacial score (nSPS) is 16.6. The molecule has 1 amide bonds. The van der Waals surface area contributed by atoms with Gasteiger partial charge in [0.15, 0.2) is 0 Å². The highest BCUT2D eigenvalue weighted by Crippen LogP contribution is 2.38. The lowest BCUT2D eigenvalue weighted by Crippen LogP contribution is -2.25. The molecule has 0 aliphatic carbocycles. The van der Waals surface area contributed by atoms with Crippen molar-refractivity contribution >= 4 is 23.4 Å². The molecular weight excluding hydrogens is 278 g/mol. The Morgan fingerprint density at radius 2 is 2.10 bits per heavy atom. The molecule has 1 aliphatic heterocycles. The molecule has 1 heterocycles. The van der Waals surface area contributed by atoms with Crippen molar-refractivity contribution in [2.75, 3.05) is 5.32 Å². The van der Waals surface area contributed by atoms with Crippen LogP contribution < -0.4 is 5.32 Å². The lowest BCUT2D eigenvalue weighted by Gasteiger charge is -2.12. The van der Waals surface area contributed by atoms with E-state index in [2.05, 4.69) is 43.4 Å². The van der Waals surface area contributed by atoms with E-state index in [4.69, 9.17) is 0 Å². The number of amides is 1. The van der Waals surface area contributed by atoms with Crippen LogP contribution in [0.5, 0.6) is 0 Å². The molecule has 0 saturated heterocycles. The maximum atomic E-state index is 12.5. The van der Waals surface area contributed by atoms with E-state index < -0.39 is 0 Å². The zero-order chi connectivity index (χ0) is 14.8. The molecule has 1 aliphatic rings. The smallest absolute Gasteiger partial charge is 0.238 e. The number of hydrogen-bond donors (Lipinski definition) is 1. The Balaban J connectivity index is 1.73. The van der Waals surface area contributed by atoms with Crippen LogP contribution in [0.25, 0.3) is 0 Å². The van der Waals surface area contributed by atoms with Gasteiger partial charge in [-0.2, -0.15) is 0 Å². The van der Waals surface area contributed by atoms with Crippen molar-refractivity contribution in [2.24, 2.45) is 0 Å². The van der Waals surface area contributed by atoms with E-state index in [-0.39, 0.29) is 11.2 Å². The average molecular weight is 297 g/mol. The number of thioether (sulfide) groups is 1. The number of benzene rings is 2. The summed E-state index contributed by atoms with van der Waals surface area (Å²) >= 11 is 1.68. The fourth-order valence-electron chi connectivity index (χ4n) is 2.64. The van der Waals surface area contributed by atoms with Gasteiger partial charge in [-0.3, -0.25) is 4.79 Å². The van der Waals surface area contributed by atoms with Crippen LogP contribution in [0.2, 0.25) is 0 Å². The number of para-hydroxylation sites is 1. The first-order valence-electron chi connectivity index (χ1n) is 7.32. The molecule has 3 rings (SSSR count). The second-order valence-electron chi connectivity index (χ2n) is 5.42. The van der Waals surface area contributed by atoms with Gasteiger partial charge < -0.3 is 5.32 Å². The molecule has 21 heavy (non-hydrogen) atoms. The molecule has 2 aromatic rings. The number of nitrogens with one attached hydrogen (secondary N) is 1. The summed E-state index contributed by atoms with van der Waals surface area (Å²) in [6, 6.07) is 14.5. The number of hydrogen-bond acceptors (Lipinski definition) is 2. The maximum absolute atomic E-state index is 12.5. The monoisotopic (exact) mass is 297 g/mol. The largest absolute Gasteiger partial charge is 0.325 e. The van der Waals surface area contributed by atoms with Gasteiger partial charge in [0.1, 0.15) is 0 Å². The quantitative estimate of drug-likeness (QED) is 0.919. The van der Waals surface area contributed by atoms with Crippen molar-refractivity contribution in [3.05, 3.63) is 59.2 Å². The van der Waals surface area contributed by atoms with Crippen molar-refractivity contribution in [3.8, 4) is 0 Å². The van der Waals surface area contributed by atoms with Gasteiger partial charge in [0.05, 0.1) is 5.25 Å². The SMILES string of the molecule is CCc1ccccc1NC(=O)C1Cc2ccc(C)cc2S1. The molecule has 1 N–H and O–H groups in total. The fourth-order valence-corrected chi connectivity index (χ4v) is 3.94. The number of aryl methyl sites for hydroxylation is 2. The third-order valence-corrected chi connectivity index (χ3v) is 5.15. The highest BCUT2D eigenvalue weighted by molar-refractivity contribution is 8.01. The predicted molar refractivity (Wildman–Crippen MR) is 89.0 cm³/mol. The fraction of sp³-hybridized carbons (Fsp3) is 0.278. The average Bonchev–Trinajstić information content (AvgIpc) is 2.91. The molecule has 0 saturated carbocycles. The zero-order valence-electron chi connectivity index (χ0n) is 12.3. The van der Waals surface area contributed by atoms with Gasteiger partial charge in [-0.05, 0) is 43.0 Å². The molecule has 0 aromatic heterocycles. The summed E-state index contributed by atoms with van der Waals surface area (Å²) in [5, 5.41) is 3.07. The molecule has 2 aromatic carbocycles. The van der Waals surface area contributed by atoms with E-state index in [1.165, 1.54) is 21.6 Å². The van der Waals surface area contributed by atoms with Crippen LogP contribution in [-0.4, -0.2) is 11.2 Å². The number of anilines is 1. The van der Waals surface area contributed by atoms with E-state index in [0.29, 0.717) is 0 Å². The molecule has 1 atom stereocenters. The van der Waals surface area contributed by atoms with Crippen molar-refractivity contribution in [3.63, 3.8) is 0 Å². The molecular formula is C18H19NOS. The van der Waals surface area contributed by atoms with Gasteiger partial charge in [0.25, 0.3) is 0 Å². The van der Waals surface area contributed by atoms with Crippen LogP contribution in [0, 0.1) is 6.92 Å². The van der Waals surface area contributed by atoms with Gasteiger partial charge in [-0.15, -0.1) is 11.8 Å². The number of fused-ring (bicyclic) bond motifs is 1. The Morgan fingerprint density at radius 3 is 2.90 bits per heavy atom. The third-order valence-electron chi connectivity index (χ3n) is 3.85. The first-order chi connectivity index (χ1) is 10.2. The maximum Gasteiger partial charge on any atom is 0.238 e. The minimum Gasteiger partial charge on any atom is -0.325 e. The molecule has 108 valence electrons. The van der Waals surface area contributed by atoms with Crippen LogP contribution in [0.3, 0.4) is 0 Å². The first-order valence-corrected chi connectivity index (χ1v) is 8.20. The summed E-state index contributed by atoms with van der Waals surface area (Å²) in [5.41, 5.74) is 4.66. The lowest BCUT2D eigenvalue weighted by molar-refractivity contribution is -0.115. The van der Waals surface area contributed by atoms with Crippen LogP contribution in [0.4, 0.5) is 5.69 Å². The first kappa shape index (κ1) is 14.2. The molecule has 3 heteroatoms. The predicted octanol–water partition coefficient (Wildman–Crippen LogP) is 4.21. The van der Waals surface area contributed by atoms with E-state index >= 15 is 0 Å². The van der Waals surface area contributed by atoms with E-state index in [1.807, 2.05) is 18.2 Å². The molecule has 1 unspecified atom stereocenters. The number of carbonyl (C=O) groups excluding carboxylic acids is 1. The lowest BCUT2D eigenvalue weighted by atomic mass is 10.1. The minimum absolute atomic E-state index is 0.0216. The Kier molecular flexibility index (Phi) is 4.02. The highest BCUT2D eigenvalue weighted by Gasteiger charge is 2.28. The Morgan fingerprint density at radius 1 is 1.29 bits per heavy atom. The summed E-state index contributed by atoms with van der Waals surface area (Å²) in [5.74, 6) is 0.106. The second-order valence-corrected chi connectivity index (χ2v) is 6.67. The Hall–Kier alpha value is -1.74. The number of rotatable bonds is 3. The van der Waals surface area contributed by atoms with Gasteiger partial charge in [0.2, 0.25) is 5.91 Å². The molecule has 0 bridgehead atoms. The topological polar surface area (TPSA) is 29.1 Å². The van der Waals surface area contributed by atoms with Crippen LogP contribution in [0.1, 0.15) is 23.6 Å². The highest BCUT2D eigenvalue weighted by atomic mass is 32.2. The summed E-state index contributed by atoms with van der Waals surface area (Å²) in [4.78, 5) is 13.8. The zero-order valence-corrected chi connectivity index (χ0v) is 13.2. The van der Waals surface area contributed by atoms with Gasteiger partial charge in [0, 0.05) is 10.6 Å². The third kappa shape index (κ3) is 2.98. The van der Waals surface area contributed by atoms with Crippen molar-refractivity contribution in [1.29, 1.82) is 0 Å². The van der Waals surface area contributed by atoms with Crippen molar-refractivity contribution < 1.29 is 4.79 Å². The summed E-state index contributed by atoms with van der Waals surface area (Å²) in [6.45, 7) is 4.19. The summed E-state index contributed by atoms with van der Waals surface area (Å²) in [7, 11) is 0. The van der Waals surface area contributed by atoms with E-state index in [9.17, 15) is 4.79 Å². The summed E-state index contributed by atoms with van der Waals surface area (Å²) in [6.07, 6.45) is 1.74. The van der Waals surface area contributed by atoms with E-state index in [0.717, 1.165) is 18.5 Å². The number of carbonyl (C=O) groups is 1. The molecule has 0 spiro atoms. The van der Waals surface area contributed by atoms with Crippen molar-refractivity contribution in [2.45, 2.75) is 36.8 Å².